The second-order valence-corrected chi connectivity index (χ2v) is 8.50. The van der Waals surface area contributed by atoms with Gasteiger partial charge in [0.25, 0.3) is 0 Å². The molecule has 0 bridgehead atoms. The Bertz CT molecular complexity index is 1380. The maximum atomic E-state index is 11.7. The summed E-state index contributed by atoms with van der Waals surface area (Å²) in [5, 5.41) is 10.1. The maximum Gasteiger partial charge on any atom is 0.336 e. The average Bonchev–Trinajstić information content (AvgIpc) is 3.10. The predicted molar refractivity (Wildman–Crippen MR) is 131 cm³/mol. The van der Waals surface area contributed by atoms with Crippen molar-refractivity contribution in [2.45, 2.75) is 40.8 Å². The minimum Gasteiger partial charge on any atom is -0.492 e. The topological polar surface area (TPSA) is 86.5 Å². The lowest BCUT2D eigenvalue weighted by atomic mass is 10.0. The number of carboxylic acid groups (broad SMARTS) is 1. The van der Waals surface area contributed by atoms with E-state index in [1.165, 1.54) is 0 Å². The molecule has 0 aliphatic carbocycles. The Hall–Kier alpha value is -3.58. The largest absolute Gasteiger partial charge is 0.492 e. The molecule has 0 aliphatic rings. The molecule has 4 rings (SSSR count). The molecule has 2 heterocycles. The Morgan fingerprint density at radius 3 is 2.59 bits per heavy atom. The molecule has 0 atom stereocenters. The van der Waals surface area contributed by atoms with Gasteiger partial charge in [-0.15, -0.1) is 0 Å². The van der Waals surface area contributed by atoms with E-state index >= 15 is 0 Å². The first-order chi connectivity index (χ1) is 16.3. The monoisotopic (exact) mass is 479 g/mol. The van der Waals surface area contributed by atoms with Crippen LogP contribution in [0, 0.1) is 20.8 Å². The summed E-state index contributed by atoms with van der Waals surface area (Å²) in [5.41, 5.74) is 5.03. The molecule has 8 heteroatoms. The fourth-order valence-electron chi connectivity index (χ4n) is 4.04. The molecule has 0 saturated carbocycles. The number of aromatic nitrogens is 3. The SMILES string of the molecule is CCOc1cnc(Cn2c(C)nc3c(C)cc(OCc4cccc(C)c4C(=O)O)cc32)c(Cl)c1. The molecule has 0 fully saturated rings. The number of nitrogens with zero attached hydrogens (tertiary/aromatic N) is 3. The van der Waals surface area contributed by atoms with Gasteiger partial charge in [-0.3, -0.25) is 4.98 Å². The van der Waals surface area contributed by atoms with Crippen LogP contribution in [-0.4, -0.2) is 32.2 Å². The molecule has 0 amide bonds. The van der Waals surface area contributed by atoms with Crippen LogP contribution in [0.3, 0.4) is 0 Å². The van der Waals surface area contributed by atoms with E-state index in [-0.39, 0.29) is 12.2 Å². The van der Waals surface area contributed by atoms with Gasteiger partial charge in [0, 0.05) is 17.7 Å². The van der Waals surface area contributed by atoms with Gasteiger partial charge in [-0.05, 0) is 44.9 Å². The quantitative estimate of drug-likeness (QED) is 0.347. The van der Waals surface area contributed by atoms with E-state index in [0.717, 1.165) is 22.4 Å². The minimum atomic E-state index is -0.961. The van der Waals surface area contributed by atoms with Crippen LogP contribution in [0.25, 0.3) is 11.0 Å². The average molecular weight is 480 g/mol. The van der Waals surface area contributed by atoms with E-state index in [0.29, 0.717) is 46.5 Å². The van der Waals surface area contributed by atoms with Gasteiger partial charge in [0.15, 0.2) is 0 Å². The lowest BCUT2D eigenvalue weighted by Crippen LogP contribution is -2.08. The summed E-state index contributed by atoms with van der Waals surface area (Å²) < 4.78 is 13.6. The van der Waals surface area contributed by atoms with Gasteiger partial charge < -0.3 is 19.1 Å². The lowest BCUT2D eigenvalue weighted by Gasteiger charge is -2.13. The van der Waals surface area contributed by atoms with Crippen molar-refractivity contribution in [3.8, 4) is 11.5 Å². The van der Waals surface area contributed by atoms with Crippen LogP contribution >= 0.6 is 11.6 Å². The van der Waals surface area contributed by atoms with Crippen molar-refractivity contribution in [3.63, 3.8) is 0 Å². The molecule has 0 saturated heterocycles. The summed E-state index contributed by atoms with van der Waals surface area (Å²) in [6.45, 7) is 8.74. The molecule has 0 aliphatic heterocycles. The number of hydrogen-bond donors (Lipinski definition) is 1. The van der Waals surface area contributed by atoms with E-state index in [4.69, 9.17) is 26.1 Å². The van der Waals surface area contributed by atoms with Crippen molar-refractivity contribution < 1.29 is 19.4 Å². The van der Waals surface area contributed by atoms with Crippen molar-refractivity contribution in [1.82, 2.24) is 14.5 Å². The molecule has 0 spiro atoms. The standard InChI is InChI=1S/C26H26ClN3O4/c1-5-33-20-10-21(27)22(28-12-20)13-30-17(4)29-25-16(3)9-19(11-23(25)30)34-14-18-8-6-7-15(2)24(18)26(31)32/h6-12H,5,13-14H2,1-4H3,(H,31,32). The fraction of sp³-hybridized carbons (Fsp3) is 0.269. The molecule has 0 unspecified atom stereocenters. The Kier molecular flexibility index (Phi) is 6.75. The van der Waals surface area contributed by atoms with Crippen molar-refractivity contribution in [1.29, 1.82) is 0 Å². The van der Waals surface area contributed by atoms with E-state index in [1.807, 2.05) is 43.5 Å². The molecule has 34 heavy (non-hydrogen) atoms. The summed E-state index contributed by atoms with van der Waals surface area (Å²) in [6, 6.07) is 11.0. The number of aryl methyl sites for hydroxylation is 3. The molecular weight excluding hydrogens is 454 g/mol. The van der Waals surface area contributed by atoms with Gasteiger partial charge in [0.2, 0.25) is 0 Å². The third kappa shape index (κ3) is 4.70. The van der Waals surface area contributed by atoms with Crippen LogP contribution in [0.1, 0.15) is 45.5 Å². The highest BCUT2D eigenvalue weighted by Crippen LogP contribution is 2.29. The molecule has 4 aromatic rings. The van der Waals surface area contributed by atoms with Gasteiger partial charge in [0.1, 0.15) is 23.9 Å². The zero-order valence-electron chi connectivity index (χ0n) is 19.6. The van der Waals surface area contributed by atoms with Crippen LogP contribution in [0.5, 0.6) is 11.5 Å². The lowest BCUT2D eigenvalue weighted by molar-refractivity contribution is 0.0693. The van der Waals surface area contributed by atoms with E-state index in [9.17, 15) is 9.90 Å². The number of imidazole rings is 1. The zero-order valence-corrected chi connectivity index (χ0v) is 20.3. The summed E-state index contributed by atoms with van der Waals surface area (Å²) >= 11 is 6.47. The highest BCUT2D eigenvalue weighted by atomic mass is 35.5. The van der Waals surface area contributed by atoms with Crippen molar-refractivity contribution in [3.05, 3.63) is 81.4 Å². The maximum absolute atomic E-state index is 11.7. The number of hydrogen-bond acceptors (Lipinski definition) is 5. The molecule has 1 N–H and O–H groups in total. The summed E-state index contributed by atoms with van der Waals surface area (Å²) in [5.74, 6) is 1.13. The number of benzene rings is 2. The second kappa shape index (κ2) is 9.73. The number of rotatable bonds is 8. The molecule has 176 valence electrons. The number of carboxylic acids is 1. The molecule has 2 aromatic heterocycles. The first-order valence-electron chi connectivity index (χ1n) is 11.0. The van der Waals surface area contributed by atoms with Crippen LogP contribution in [0.4, 0.5) is 0 Å². The van der Waals surface area contributed by atoms with Gasteiger partial charge in [-0.25, -0.2) is 9.78 Å². The number of ether oxygens (including phenoxy) is 2. The Labute approximate surface area is 202 Å². The Morgan fingerprint density at radius 2 is 1.88 bits per heavy atom. The van der Waals surface area contributed by atoms with E-state index in [2.05, 4.69) is 4.98 Å². The van der Waals surface area contributed by atoms with Crippen molar-refractivity contribution in [2.75, 3.05) is 6.61 Å². The number of carbonyl (C=O) groups is 1. The van der Waals surface area contributed by atoms with Gasteiger partial charge in [0.05, 0.1) is 46.7 Å². The van der Waals surface area contributed by atoms with Crippen LogP contribution in [0.15, 0.2) is 42.6 Å². The Balaban J connectivity index is 1.65. The van der Waals surface area contributed by atoms with Crippen molar-refractivity contribution in [2.24, 2.45) is 0 Å². The van der Waals surface area contributed by atoms with Crippen LogP contribution < -0.4 is 9.47 Å². The highest BCUT2D eigenvalue weighted by Gasteiger charge is 2.16. The number of halogens is 1. The summed E-state index contributed by atoms with van der Waals surface area (Å²) in [6.07, 6.45) is 1.67. The minimum absolute atomic E-state index is 0.146. The first-order valence-corrected chi connectivity index (χ1v) is 11.4. The van der Waals surface area contributed by atoms with E-state index < -0.39 is 5.97 Å². The fourth-order valence-corrected chi connectivity index (χ4v) is 4.25. The van der Waals surface area contributed by atoms with Gasteiger partial charge in [-0.2, -0.15) is 0 Å². The highest BCUT2D eigenvalue weighted by molar-refractivity contribution is 6.31. The molecule has 7 nitrogen and oxygen atoms in total. The summed E-state index contributed by atoms with van der Waals surface area (Å²) in [7, 11) is 0. The van der Waals surface area contributed by atoms with Crippen LogP contribution in [-0.2, 0) is 13.2 Å². The predicted octanol–water partition coefficient (Wildman–Crippen LogP) is 5.73. The van der Waals surface area contributed by atoms with Gasteiger partial charge >= 0.3 is 5.97 Å². The van der Waals surface area contributed by atoms with Crippen LogP contribution in [0.2, 0.25) is 5.02 Å². The number of fused-ring (bicyclic) bond motifs is 1. The second-order valence-electron chi connectivity index (χ2n) is 8.09. The third-order valence-corrected chi connectivity index (χ3v) is 6.01. The Morgan fingerprint density at radius 1 is 1.09 bits per heavy atom. The van der Waals surface area contributed by atoms with Crippen molar-refractivity contribution >= 4 is 28.6 Å². The molecule has 0 radical (unpaired) electrons. The number of aromatic carboxylic acids is 1. The van der Waals surface area contributed by atoms with Gasteiger partial charge in [-0.1, -0.05) is 29.8 Å². The first kappa shape index (κ1) is 23.6. The number of pyridine rings is 1. The smallest absolute Gasteiger partial charge is 0.336 e. The zero-order chi connectivity index (χ0) is 24.4. The molecule has 2 aromatic carbocycles. The normalized spacial score (nSPS) is 11.1. The third-order valence-electron chi connectivity index (χ3n) is 5.69. The van der Waals surface area contributed by atoms with E-state index in [1.54, 1.807) is 31.3 Å². The molecular formula is C26H26ClN3O4. The summed E-state index contributed by atoms with van der Waals surface area (Å²) in [4.78, 5) is 20.9.